The number of methoxy groups -OCH3 is 1. The zero-order valence-electron chi connectivity index (χ0n) is 11.3. The SMILES string of the molecule is CCCCc1noc(CN(CC)CC(=O)OC)n1. The minimum atomic E-state index is -0.262. The molecule has 0 saturated heterocycles. The van der Waals surface area contributed by atoms with Gasteiger partial charge in [0.1, 0.15) is 0 Å². The van der Waals surface area contributed by atoms with Crippen LogP contribution < -0.4 is 0 Å². The van der Waals surface area contributed by atoms with E-state index in [1.807, 2.05) is 11.8 Å². The van der Waals surface area contributed by atoms with E-state index >= 15 is 0 Å². The van der Waals surface area contributed by atoms with Crippen molar-refractivity contribution in [3.8, 4) is 0 Å². The van der Waals surface area contributed by atoms with Crippen LogP contribution in [0, 0.1) is 0 Å². The van der Waals surface area contributed by atoms with Gasteiger partial charge in [0.25, 0.3) is 0 Å². The van der Waals surface area contributed by atoms with Gasteiger partial charge in [-0.25, -0.2) is 0 Å². The van der Waals surface area contributed by atoms with Crippen LogP contribution in [0.25, 0.3) is 0 Å². The number of aryl methyl sites for hydroxylation is 1. The molecule has 0 aromatic carbocycles. The first-order valence-electron chi connectivity index (χ1n) is 6.30. The Morgan fingerprint density at radius 1 is 1.44 bits per heavy atom. The summed E-state index contributed by atoms with van der Waals surface area (Å²) < 4.78 is 9.79. The molecule has 0 N–H and O–H groups in total. The lowest BCUT2D eigenvalue weighted by Gasteiger charge is -2.15. The van der Waals surface area contributed by atoms with Gasteiger partial charge >= 0.3 is 5.97 Å². The summed E-state index contributed by atoms with van der Waals surface area (Å²) in [7, 11) is 1.38. The summed E-state index contributed by atoms with van der Waals surface area (Å²) >= 11 is 0. The average Bonchev–Trinajstić information content (AvgIpc) is 2.82. The van der Waals surface area contributed by atoms with Crippen LogP contribution in [-0.2, 0) is 22.5 Å². The molecule has 0 bridgehead atoms. The Bertz CT molecular complexity index is 365. The van der Waals surface area contributed by atoms with E-state index in [0.717, 1.165) is 31.6 Å². The quantitative estimate of drug-likeness (QED) is 0.654. The first-order valence-corrected chi connectivity index (χ1v) is 6.30. The maximum absolute atomic E-state index is 11.2. The molecule has 0 atom stereocenters. The zero-order valence-corrected chi connectivity index (χ0v) is 11.3. The monoisotopic (exact) mass is 255 g/mol. The largest absolute Gasteiger partial charge is 0.468 e. The van der Waals surface area contributed by atoms with Crippen molar-refractivity contribution in [2.75, 3.05) is 20.2 Å². The van der Waals surface area contributed by atoms with E-state index in [1.165, 1.54) is 7.11 Å². The van der Waals surface area contributed by atoms with Gasteiger partial charge in [0.05, 0.1) is 20.2 Å². The lowest BCUT2D eigenvalue weighted by Crippen LogP contribution is -2.30. The number of carbonyl (C=O) groups excluding carboxylic acids is 1. The number of ether oxygens (including phenoxy) is 1. The Morgan fingerprint density at radius 3 is 2.83 bits per heavy atom. The Balaban J connectivity index is 2.48. The first kappa shape index (κ1) is 14.6. The third-order valence-corrected chi connectivity index (χ3v) is 2.65. The molecule has 1 aromatic heterocycles. The Morgan fingerprint density at radius 2 is 2.22 bits per heavy atom. The normalized spacial score (nSPS) is 10.9. The molecule has 0 aliphatic heterocycles. The highest BCUT2D eigenvalue weighted by molar-refractivity contribution is 5.71. The van der Waals surface area contributed by atoms with Crippen molar-refractivity contribution in [2.24, 2.45) is 0 Å². The molecule has 0 spiro atoms. The van der Waals surface area contributed by atoms with E-state index in [0.29, 0.717) is 12.4 Å². The number of hydrogen-bond acceptors (Lipinski definition) is 6. The van der Waals surface area contributed by atoms with Gasteiger partial charge in [-0.1, -0.05) is 25.4 Å². The molecule has 0 radical (unpaired) electrons. The van der Waals surface area contributed by atoms with Crippen LogP contribution in [0.3, 0.4) is 0 Å². The summed E-state index contributed by atoms with van der Waals surface area (Å²) in [4.78, 5) is 17.4. The lowest BCUT2D eigenvalue weighted by molar-refractivity contribution is -0.142. The summed E-state index contributed by atoms with van der Waals surface area (Å²) in [5, 5.41) is 3.91. The molecule has 18 heavy (non-hydrogen) atoms. The van der Waals surface area contributed by atoms with E-state index in [2.05, 4.69) is 21.8 Å². The van der Waals surface area contributed by atoms with Crippen molar-refractivity contribution in [1.82, 2.24) is 15.0 Å². The topological polar surface area (TPSA) is 68.5 Å². The molecule has 6 nitrogen and oxygen atoms in total. The lowest BCUT2D eigenvalue weighted by atomic mass is 10.2. The van der Waals surface area contributed by atoms with Crippen LogP contribution in [0.1, 0.15) is 38.4 Å². The van der Waals surface area contributed by atoms with E-state index in [4.69, 9.17) is 4.52 Å². The van der Waals surface area contributed by atoms with Crippen molar-refractivity contribution in [1.29, 1.82) is 0 Å². The van der Waals surface area contributed by atoms with E-state index < -0.39 is 0 Å². The maximum Gasteiger partial charge on any atom is 0.319 e. The Kier molecular flexibility index (Phi) is 6.35. The highest BCUT2D eigenvalue weighted by Crippen LogP contribution is 2.05. The summed E-state index contributed by atoms with van der Waals surface area (Å²) in [5.41, 5.74) is 0. The number of unbranched alkanes of at least 4 members (excludes halogenated alkanes) is 1. The van der Waals surface area contributed by atoms with Crippen LogP contribution in [0.4, 0.5) is 0 Å². The van der Waals surface area contributed by atoms with Gasteiger partial charge in [-0.05, 0) is 13.0 Å². The smallest absolute Gasteiger partial charge is 0.319 e. The fourth-order valence-electron chi connectivity index (χ4n) is 1.51. The third-order valence-electron chi connectivity index (χ3n) is 2.65. The maximum atomic E-state index is 11.2. The van der Waals surface area contributed by atoms with Crippen LogP contribution in [-0.4, -0.2) is 41.2 Å². The summed E-state index contributed by atoms with van der Waals surface area (Å²) in [6.45, 7) is 5.53. The molecule has 6 heteroatoms. The summed E-state index contributed by atoms with van der Waals surface area (Å²) in [6, 6.07) is 0. The number of hydrogen-bond donors (Lipinski definition) is 0. The Hall–Kier alpha value is -1.43. The van der Waals surface area contributed by atoms with Gasteiger partial charge in [-0.2, -0.15) is 4.98 Å². The fraction of sp³-hybridized carbons (Fsp3) is 0.750. The van der Waals surface area contributed by atoms with Crippen molar-refractivity contribution in [3.05, 3.63) is 11.7 Å². The number of likely N-dealkylation sites (N-methyl/N-ethyl adjacent to an activating group) is 1. The summed E-state index contributed by atoms with van der Waals surface area (Å²) in [6.07, 6.45) is 3.00. The van der Waals surface area contributed by atoms with Crippen molar-refractivity contribution >= 4 is 5.97 Å². The predicted octanol–water partition coefficient (Wildman–Crippen LogP) is 1.41. The van der Waals surface area contributed by atoms with E-state index in [-0.39, 0.29) is 12.5 Å². The highest BCUT2D eigenvalue weighted by atomic mass is 16.5. The van der Waals surface area contributed by atoms with Gasteiger partial charge in [0.15, 0.2) is 5.82 Å². The molecule has 0 aliphatic rings. The predicted molar refractivity (Wildman–Crippen MR) is 65.9 cm³/mol. The number of aromatic nitrogens is 2. The summed E-state index contributed by atoms with van der Waals surface area (Å²) in [5.74, 6) is 1.02. The van der Waals surface area contributed by atoms with Crippen LogP contribution >= 0.6 is 0 Å². The van der Waals surface area contributed by atoms with Crippen LogP contribution in [0.2, 0.25) is 0 Å². The standard InChI is InChI=1S/C12H21N3O3/c1-4-6-7-10-13-11(18-14-10)8-15(5-2)9-12(16)17-3/h4-9H2,1-3H3. The van der Waals surface area contributed by atoms with Gasteiger partial charge in [-0.3, -0.25) is 9.69 Å². The second kappa shape index (κ2) is 7.81. The number of nitrogens with zero attached hydrogens (tertiary/aromatic N) is 3. The van der Waals surface area contributed by atoms with Gasteiger partial charge < -0.3 is 9.26 Å². The molecular weight excluding hydrogens is 234 g/mol. The second-order valence-corrected chi connectivity index (χ2v) is 4.09. The molecule has 1 aromatic rings. The number of esters is 1. The second-order valence-electron chi connectivity index (χ2n) is 4.09. The molecule has 0 fully saturated rings. The number of carbonyl (C=O) groups is 1. The van der Waals surface area contributed by atoms with Crippen molar-refractivity contribution < 1.29 is 14.1 Å². The van der Waals surface area contributed by atoms with Crippen LogP contribution in [0.5, 0.6) is 0 Å². The zero-order chi connectivity index (χ0) is 13.4. The molecule has 0 saturated carbocycles. The molecule has 102 valence electrons. The van der Waals surface area contributed by atoms with E-state index in [1.54, 1.807) is 0 Å². The van der Waals surface area contributed by atoms with Crippen molar-refractivity contribution in [3.63, 3.8) is 0 Å². The minimum Gasteiger partial charge on any atom is -0.468 e. The average molecular weight is 255 g/mol. The third kappa shape index (κ3) is 4.83. The fourth-order valence-corrected chi connectivity index (χ4v) is 1.51. The van der Waals surface area contributed by atoms with Gasteiger partial charge in [0.2, 0.25) is 5.89 Å². The molecule has 0 aliphatic carbocycles. The van der Waals surface area contributed by atoms with Gasteiger partial charge in [0, 0.05) is 6.42 Å². The van der Waals surface area contributed by atoms with Crippen molar-refractivity contribution in [2.45, 2.75) is 39.7 Å². The van der Waals surface area contributed by atoms with Gasteiger partial charge in [-0.15, -0.1) is 0 Å². The highest BCUT2D eigenvalue weighted by Gasteiger charge is 2.13. The first-order chi connectivity index (χ1) is 8.69. The Labute approximate surface area is 107 Å². The number of rotatable bonds is 8. The van der Waals surface area contributed by atoms with E-state index in [9.17, 15) is 4.79 Å². The molecular formula is C12H21N3O3. The minimum absolute atomic E-state index is 0.236. The molecule has 0 unspecified atom stereocenters. The molecule has 0 amide bonds. The van der Waals surface area contributed by atoms with Crippen LogP contribution in [0.15, 0.2) is 4.52 Å². The molecule has 1 rings (SSSR count). The molecule has 1 heterocycles.